The molecule has 4 nitrogen and oxygen atoms in total. The van der Waals surface area contributed by atoms with Crippen LogP contribution in [-0.2, 0) is 16.1 Å². The van der Waals surface area contributed by atoms with Crippen molar-refractivity contribution in [3.63, 3.8) is 0 Å². The molecule has 4 heteroatoms. The minimum Gasteiger partial charge on any atom is -0.460 e. The Kier molecular flexibility index (Phi) is 5.10. The van der Waals surface area contributed by atoms with E-state index >= 15 is 0 Å². The number of aromatic nitrogens is 1. The van der Waals surface area contributed by atoms with Crippen LogP contribution in [0.5, 0.6) is 0 Å². The SMILES string of the molecule is CC(C)(C)OC(=O)CCNCc1ccccn1. The number of carbonyl (C=O) groups is 1. The highest BCUT2D eigenvalue weighted by Crippen LogP contribution is 2.07. The molecule has 0 unspecified atom stereocenters. The quantitative estimate of drug-likeness (QED) is 0.626. The molecule has 1 rings (SSSR count). The molecule has 0 atom stereocenters. The van der Waals surface area contributed by atoms with Gasteiger partial charge in [-0.05, 0) is 32.9 Å². The van der Waals surface area contributed by atoms with Crippen LogP contribution in [0.1, 0.15) is 32.9 Å². The Morgan fingerprint density at radius 2 is 2.18 bits per heavy atom. The molecule has 1 aromatic heterocycles. The van der Waals surface area contributed by atoms with Crippen LogP contribution in [0.2, 0.25) is 0 Å². The lowest BCUT2D eigenvalue weighted by Gasteiger charge is -2.19. The second kappa shape index (κ2) is 6.35. The Labute approximate surface area is 102 Å². The molecule has 0 spiro atoms. The number of carbonyl (C=O) groups excluding carboxylic acids is 1. The minimum absolute atomic E-state index is 0.175. The Morgan fingerprint density at radius 3 is 2.76 bits per heavy atom. The second-order valence-electron chi connectivity index (χ2n) is 4.83. The number of nitrogens with one attached hydrogen (secondary N) is 1. The van der Waals surface area contributed by atoms with Gasteiger partial charge in [0.15, 0.2) is 0 Å². The first-order valence-corrected chi connectivity index (χ1v) is 5.80. The maximum Gasteiger partial charge on any atom is 0.307 e. The van der Waals surface area contributed by atoms with Crippen LogP contribution < -0.4 is 5.32 Å². The predicted octanol–water partition coefficient (Wildman–Crippen LogP) is 1.90. The van der Waals surface area contributed by atoms with Gasteiger partial charge in [0.2, 0.25) is 0 Å². The summed E-state index contributed by atoms with van der Waals surface area (Å²) in [6, 6.07) is 5.77. The zero-order valence-electron chi connectivity index (χ0n) is 10.7. The third-order valence-electron chi connectivity index (χ3n) is 1.96. The molecular weight excluding hydrogens is 216 g/mol. The van der Waals surface area contributed by atoms with Gasteiger partial charge in [0.1, 0.15) is 5.60 Å². The molecule has 1 heterocycles. The van der Waals surface area contributed by atoms with Gasteiger partial charge < -0.3 is 10.1 Å². The van der Waals surface area contributed by atoms with Gasteiger partial charge in [0.25, 0.3) is 0 Å². The van der Waals surface area contributed by atoms with Crippen molar-refractivity contribution in [1.29, 1.82) is 0 Å². The molecule has 0 bridgehead atoms. The normalized spacial score (nSPS) is 11.2. The van der Waals surface area contributed by atoms with E-state index in [9.17, 15) is 4.79 Å². The number of hydrogen-bond acceptors (Lipinski definition) is 4. The smallest absolute Gasteiger partial charge is 0.307 e. The predicted molar refractivity (Wildman–Crippen MR) is 66.4 cm³/mol. The topological polar surface area (TPSA) is 51.2 Å². The standard InChI is InChI=1S/C13H20N2O2/c1-13(2,3)17-12(16)7-9-14-10-11-6-4-5-8-15-11/h4-6,8,14H,7,9-10H2,1-3H3. The van der Waals surface area contributed by atoms with Crippen molar-refractivity contribution in [3.05, 3.63) is 30.1 Å². The van der Waals surface area contributed by atoms with Crippen LogP contribution in [0.25, 0.3) is 0 Å². The molecule has 0 aliphatic carbocycles. The van der Waals surface area contributed by atoms with Gasteiger partial charge in [-0.3, -0.25) is 9.78 Å². The molecule has 1 aromatic rings. The summed E-state index contributed by atoms with van der Waals surface area (Å²) in [5.74, 6) is -0.175. The largest absolute Gasteiger partial charge is 0.460 e. The third kappa shape index (κ3) is 6.68. The van der Waals surface area contributed by atoms with Gasteiger partial charge in [-0.2, -0.15) is 0 Å². The lowest BCUT2D eigenvalue weighted by atomic mass is 10.2. The maximum atomic E-state index is 11.4. The van der Waals surface area contributed by atoms with E-state index < -0.39 is 5.60 Å². The number of rotatable bonds is 5. The second-order valence-corrected chi connectivity index (χ2v) is 4.83. The van der Waals surface area contributed by atoms with Crippen molar-refractivity contribution in [2.45, 2.75) is 39.3 Å². The first-order chi connectivity index (χ1) is 7.97. The van der Waals surface area contributed by atoms with Gasteiger partial charge in [-0.1, -0.05) is 6.07 Å². The van der Waals surface area contributed by atoms with E-state index in [1.807, 2.05) is 39.0 Å². The summed E-state index contributed by atoms with van der Waals surface area (Å²) in [6.07, 6.45) is 2.13. The average Bonchev–Trinajstić information content (AvgIpc) is 2.23. The Morgan fingerprint density at radius 1 is 1.41 bits per heavy atom. The molecule has 0 fully saturated rings. The van der Waals surface area contributed by atoms with Crippen LogP contribution in [0.15, 0.2) is 24.4 Å². The van der Waals surface area contributed by atoms with Crippen molar-refractivity contribution in [2.24, 2.45) is 0 Å². The van der Waals surface area contributed by atoms with Crippen molar-refractivity contribution >= 4 is 5.97 Å². The summed E-state index contributed by atoms with van der Waals surface area (Å²) in [6.45, 7) is 6.87. The molecule has 0 amide bonds. The Bertz CT molecular complexity index is 344. The first-order valence-electron chi connectivity index (χ1n) is 5.80. The molecule has 0 aliphatic rings. The number of pyridine rings is 1. The van der Waals surface area contributed by atoms with E-state index in [0.717, 1.165) is 5.69 Å². The number of nitrogens with zero attached hydrogens (tertiary/aromatic N) is 1. The molecule has 0 saturated carbocycles. The fourth-order valence-electron chi connectivity index (χ4n) is 1.30. The highest BCUT2D eigenvalue weighted by atomic mass is 16.6. The van der Waals surface area contributed by atoms with Gasteiger partial charge >= 0.3 is 5.97 Å². The van der Waals surface area contributed by atoms with Crippen molar-refractivity contribution in [3.8, 4) is 0 Å². The molecule has 0 saturated heterocycles. The van der Waals surface area contributed by atoms with Gasteiger partial charge in [0, 0.05) is 19.3 Å². The van der Waals surface area contributed by atoms with Crippen LogP contribution in [-0.4, -0.2) is 23.1 Å². The molecule has 0 aliphatic heterocycles. The molecule has 0 aromatic carbocycles. The van der Waals surface area contributed by atoms with Crippen molar-refractivity contribution in [2.75, 3.05) is 6.54 Å². The number of ether oxygens (including phenoxy) is 1. The first kappa shape index (κ1) is 13.6. The van der Waals surface area contributed by atoms with Crippen molar-refractivity contribution < 1.29 is 9.53 Å². The van der Waals surface area contributed by atoms with E-state index in [1.165, 1.54) is 0 Å². The number of esters is 1. The Hall–Kier alpha value is -1.42. The van der Waals surface area contributed by atoms with Crippen LogP contribution in [0.4, 0.5) is 0 Å². The summed E-state index contributed by atoms with van der Waals surface area (Å²) in [5.41, 5.74) is 0.564. The van der Waals surface area contributed by atoms with Crippen molar-refractivity contribution in [1.82, 2.24) is 10.3 Å². The Balaban J connectivity index is 2.14. The minimum atomic E-state index is -0.405. The number of hydrogen-bond donors (Lipinski definition) is 1. The monoisotopic (exact) mass is 236 g/mol. The van der Waals surface area contributed by atoms with E-state index in [2.05, 4.69) is 10.3 Å². The maximum absolute atomic E-state index is 11.4. The average molecular weight is 236 g/mol. The fourth-order valence-corrected chi connectivity index (χ4v) is 1.30. The molecule has 94 valence electrons. The van der Waals surface area contributed by atoms with Crippen LogP contribution in [0.3, 0.4) is 0 Å². The highest BCUT2D eigenvalue weighted by molar-refractivity contribution is 5.70. The highest BCUT2D eigenvalue weighted by Gasteiger charge is 2.15. The lowest BCUT2D eigenvalue weighted by molar-refractivity contribution is -0.154. The zero-order valence-corrected chi connectivity index (χ0v) is 10.7. The summed E-state index contributed by atoms with van der Waals surface area (Å²) in [7, 11) is 0. The van der Waals surface area contributed by atoms with E-state index in [1.54, 1.807) is 6.20 Å². The van der Waals surface area contributed by atoms with Gasteiger partial charge in [-0.15, -0.1) is 0 Å². The zero-order chi connectivity index (χ0) is 12.7. The van der Waals surface area contributed by atoms with E-state index in [4.69, 9.17) is 4.74 Å². The lowest BCUT2D eigenvalue weighted by Crippen LogP contribution is -2.26. The summed E-state index contributed by atoms with van der Waals surface area (Å²) >= 11 is 0. The molecular formula is C13H20N2O2. The molecule has 1 N–H and O–H groups in total. The summed E-state index contributed by atoms with van der Waals surface area (Å²) < 4.78 is 5.20. The molecule has 17 heavy (non-hydrogen) atoms. The summed E-state index contributed by atoms with van der Waals surface area (Å²) in [5, 5.41) is 3.16. The van der Waals surface area contributed by atoms with Crippen LogP contribution >= 0.6 is 0 Å². The van der Waals surface area contributed by atoms with Crippen LogP contribution in [0, 0.1) is 0 Å². The van der Waals surface area contributed by atoms with E-state index in [0.29, 0.717) is 19.5 Å². The summed E-state index contributed by atoms with van der Waals surface area (Å²) in [4.78, 5) is 15.6. The van der Waals surface area contributed by atoms with E-state index in [-0.39, 0.29) is 5.97 Å². The van der Waals surface area contributed by atoms with Gasteiger partial charge in [0.05, 0.1) is 12.1 Å². The van der Waals surface area contributed by atoms with Gasteiger partial charge in [-0.25, -0.2) is 0 Å². The third-order valence-corrected chi connectivity index (χ3v) is 1.96. The molecule has 0 radical (unpaired) electrons. The fraction of sp³-hybridized carbons (Fsp3) is 0.538.